The summed E-state index contributed by atoms with van der Waals surface area (Å²) >= 11 is 0. The van der Waals surface area contributed by atoms with Crippen LogP contribution in [0.5, 0.6) is 11.5 Å². The first kappa shape index (κ1) is 23.3. The number of piperidine rings is 1. The zero-order chi connectivity index (χ0) is 24.6. The number of benzene rings is 1. The average molecular weight is 487 g/mol. The second-order valence-corrected chi connectivity index (χ2v) is 9.88. The van der Waals surface area contributed by atoms with Gasteiger partial charge in [-0.25, -0.2) is 13.4 Å². The van der Waals surface area contributed by atoms with Crippen molar-refractivity contribution in [3.63, 3.8) is 0 Å². The summed E-state index contributed by atoms with van der Waals surface area (Å²) in [6.45, 7) is 2.19. The molecule has 0 spiro atoms. The van der Waals surface area contributed by atoms with E-state index in [4.69, 9.17) is 4.74 Å². The molecule has 0 radical (unpaired) electrons. The number of nitro benzene ring substituents is 1. The summed E-state index contributed by atoms with van der Waals surface area (Å²) in [4.78, 5) is 45.9. The van der Waals surface area contributed by atoms with Crippen LogP contribution in [0.15, 0.2) is 46.5 Å². The molecule has 12 nitrogen and oxygen atoms in total. The summed E-state index contributed by atoms with van der Waals surface area (Å²) in [5, 5.41) is 11.2. The maximum Gasteiger partial charge on any atom is 0.311 e. The molecule has 3 aromatic rings. The zero-order valence-corrected chi connectivity index (χ0v) is 19.2. The van der Waals surface area contributed by atoms with E-state index in [9.17, 15) is 28.1 Å². The van der Waals surface area contributed by atoms with Crippen LogP contribution in [0.2, 0.25) is 0 Å². The number of carbonyl (C=O) groups excluding carboxylic acids is 1. The van der Waals surface area contributed by atoms with Crippen LogP contribution >= 0.6 is 0 Å². The van der Waals surface area contributed by atoms with Crippen LogP contribution in [-0.4, -0.2) is 58.0 Å². The number of likely N-dealkylation sites (tertiary alicyclic amines) is 1. The number of carbonyl (C=O) groups is 1. The van der Waals surface area contributed by atoms with E-state index in [1.165, 1.54) is 48.0 Å². The Morgan fingerprint density at radius 3 is 2.68 bits per heavy atom. The predicted octanol–water partition coefficient (Wildman–Crippen LogP) is 2.08. The molecule has 34 heavy (non-hydrogen) atoms. The van der Waals surface area contributed by atoms with E-state index >= 15 is 0 Å². The van der Waals surface area contributed by atoms with Crippen LogP contribution in [-0.2, 0) is 14.6 Å². The van der Waals surface area contributed by atoms with Gasteiger partial charge in [-0.2, -0.15) is 4.98 Å². The molecule has 0 saturated carbocycles. The SMILES string of the molecule is CC(=O)N1CCCC(n2c(=O)c(Oc3ccccc3[N+](=O)[O-])cc3cnc(S(C)(=O)=O)nc32)C1. The van der Waals surface area contributed by atoms with Gasteiger partial charge >= 0.3 is 5.69 Å². The predicted molar refractivity (Wildman–Crippen MR) is 121 cm³/mol. The van der Waals surface area contributed by atoms with Crippen molar-refractivity contribution in [3.05, 3.63) is 57.0 Å². The van der Waals surface area contributed by atoms with Crippen LogP contribution in [0.4, 0.5) is 5.69 Å². The molecule has 2 aromatic heterocycles. The third kappa shape index (κ3) is 4.46. The van der Waals surface area contributed by atoms with E-state index in [1.54, 1.807) is 4.90 Å². The van der Waals surface area contributed by atoms with Gasteiger partial charge in [-0.15, -0.1) is 0 Å². The van der Waals surface area contributed by atoms with E-state index < -0.39 is 31.5 Å². The highest BCUT2D eigenvalue weighted by atomic mass is 32.2. The van der Waals surface area contributed by atoms with Crippen LogP contribution < -0.4 is 10.3 Å². The Hall–Kier alpha value is -3.87. The van der Waals surface area contributed by atoms with Crippen molar-refractivity contribution >= 4 is 32.5 Å². The highest BCUT2D eigenvalue weighted by Crippen LogP contribution is 2.32. The normalized spacial score (nSPS) is 16.4. The molecule has 1 fully saturated rings. The maximum atomic E-state index is 13.6. The van der Waals surface area contributed by atoms with E-state index in [2.05, 4.69) is 9.97 Å². The molecule has 1 saturated heterocycles. The Kier molecular flexibility index (Phi) is 6.04. The van der Waals surface area contributed by atoms with Crippen molar-refractivity contribution in [1.82, 2.24) is 19.4 Å². The third-order valence-corrected chi connectivity index (χ3v) is 6.40. The molecule has 0 N–H and O–H groups in total. The molecule has 1 atom stereocenters. The Balaban J connectivity index is 1.93. The van der Waals surface area contributed by atoms with Gasteiger partial charge in [-0.3, -0.25) is 24.3 Å². The first-order valence-electron chi connectivity index (χ1n) is 10.4. The number of nitro groups is 1. The van der Waals surface area contributed by atoms with Gasteiger partial charge in [-0.05, 0) is 25.0 Å². The molecule has 1 aliphatic rings. The monoisotopic (exact) mass is 487 g/mol. The lowest BCUT2D eigenvalue weighted by Crippen LogP contribution is -2.42. The standard InChI is InChI=1S/C21H21N5O7S/c1-13(27)24-9-5-6-15(12-24)25-19-14(11-22-21(23-19)34(2,31)32)10-18(20(25)28)33-17-8-4-3-7-16(17)26(29)30/h3-4,7-8,10-11,15H,5-6,9,12H2,1-2H3. The number of fused-ring (bicyclic) bond motifs is 1. The topological polar surface area (TPSA) is 155 Å². The number of pyridine rings is 1. The highest BCUT2D eigenvalue weighted by molar-refractivity contribution is 7.90. The summed E-state index contributed by atoms with van der Waals surface area (Å²) in [6, 6.07) is 6.44. The average Bonchev–Trinajstić information content (AvgIpc) is 2.79. The van der Waals surface area contributed by atoms with Gasteiger partial charge in [0.1, 0.15) is 5.65 Å². The summed E-state index contributed by atoms with van der Waals surface area (Å²) in [7, 11) is -3.76. The zero-order valence-electron chi connectivity index (χ0n) is 18.4. The van der Waals surface area contributed by atoms with Crippen LogP contribution in [0.1, 0.15) is 25.8 Å². The van der Waals surface area contributed by atoms with Crippen LogP contribution in [0, 0.1) is 10.1 Å². The summed E-state index contributed by atoms with van der Waals surface area (Å²) in [5.41, 5.74) is -0.900. The largest absolute Gasteiger partial charge is 0.444 e. The van der Waals surface area contributed by atoms with E-state index in [0.717, 1.165) is 6.26 Å². The number of rotatable bonds is 5. The van der Waals surface area contributed by atoms with E-state index in [0.29, 0.717) is 24.8 Å². The van der Waals surface area contributed by atoms with Crippen LogP contribution in [0.25, 0.3) is 11.0 Å². The number of aromatic nitrogens is 3. The number of hydrogen-bond acceptors (Lipinski definition) is 9. The minimum atomic E-state index is -3.76. The first-order chi connectivity index (χ1) is 16.1. The van der Waals surface area contributed by atoms with Gasteiger partial charge in [0.15, 0.2) is 5.75 Å². The summed E-state index contributed by atoms with van der Waals surface area (Å²) in [5.74, 6) is -0.489. The first-order valence-corrected chi connectivity index (χ1v) is 12.2. The smallest absolute Gasteiger partial charge is 0.311 e. The molecule has 1 aliphatic heterocycles. The quantitative estimate of drug-likeness (QED) is 0.299. The molecule has 0 aliphatic carbocycles. The van der Waals surface area contributed by atoms with Gasteiger partial charge in [0, 0.05) is 43.9 Å². The molecular weight excluding hydrogens is 466 g/mol. The molecule has 3 heterocycles. The number of sulfone groups is 1. The molecular formula is C21H21N5O7S. The minimum Gasteiger partial charge on any atom is -0.444 e. The number of amides is 1. The molecule has 1 amide bonds. The van der Waals surface area contributed by atoms with Crippen molar-refractivity contribution < 1.29 is 22.9 Å². The molecule has 178 valence electrons. The van der Waals surface area contributed by atoms with Crippen molar-refractivity contribution in [3.8, 4) is 11.5 Å². The van der Waals surface area contributed by atoms with Gasteiger partial charge < -0.3 is 9.64 Å². The van der Waals surface area contributed by atoms with Gasteiger partial charge in [0.05, 0.1) is 11.0 Å². The lowest BCUT2D eigenvalue weighted by molar-refractivity contribution is -0.385. The second-order valence-electron chi connectivity index (χ2n) is 7.98. The number of hydrogen-bond donors (Lipinski definition) is 0. The van der Waals surface area contributed by atoms with E-state index in [-0.39, 0.29) is 35.3 Å². The fraction of sp³-hybridized carbons (Fsp3) is 0.333. The summed E-state index contributed by atoms with van der Waals surface area (Å²) < 4.78 is 31.1. The second kappa shape index (κ2) is 8.82. The van der Waals surface area contributed by atoms with Gasteiger partial charge in [-0.1, -0.05) is 12.1 Å². The number of ether oxygens (including phenoxy) is 1. The Morgan fingerprint density at radius 1 is 1.26 bits per heavy atom. The van der Waals surface area contributed by atoms with Crippen molar-refractivity contribution in [2.75, 3.05) is 19.3 Å². The fourth-order valence-corrected chi connectivity index (χ4v) is 4.43. The minimum absolute atomic E-state index is 0.0748. The number of nitrogens with zero attached hydrogens (tertiary/aromatic N) is 5. The molecule has 4 rings (SSSR count). The van der Waals surface area contributed by atoms with Gasteiger partial charge in [0.2, 0.25) is 26.7 Å². The van der Waals surface area contributed by atoms with Crippen molar-refractivity contribution in [2.45, 2.75) is 31.0 Å². The summed E-state index contributed by atoms with van der Waals surface area (Å²) in [6.07, 6.45) is 3.37. The maximum absolute atomic E-state index is 13.6. The van der Waals surface area contributed by atoms with Crippen LogP contribution in [0.3, 0.4) is 0 Å². The molecule has 1 unspecified atom stereocenters. The fourth-order valence-electron chi connectivity index (χ4n) is 3.93. The lowest BCUT2D eigenvalue weighted by Gasteiger charge is -2.33. The number of para-hydroxylation sites is 2. The molecule has 13 heteroatoms. The molecule has 1 aromatic carbocycles. The van der Waals surface area contributed by atoms with Crippen molar-refractivity contribution in [2.24, 2.45) is 0 Å². The van der Waals surface area contributed by atoms with Gasteiger partial charge in [0.25, 0.3) is 5.56 Å². The highest BCUT2D eigenvalue weighted by Gasteiger charge is 2.28. The Labute approximate surface area is 193 Å². The Bertz CT molecular complexity index is 1470. The third-order valence-electron chi connectivity index (χ3n) is 5.54. The van der Waals surface area contributed by atoms with Crippen molar-refractivity contribution in [1.29, 1.82) is 0 Å². The Morgan fingerprint density at radius 2 is 2.00 bits per heavy atom. The molecule has 0 bridgehead atoms. The lowest BCUT2D eigenvalue weighted by atomic mass is 10.0. The van der Waals surface area contributed by atoms with E-state index in [1.807, 2.05) is 0 Å².